The van der Waals surface area contributed by atoms with Crippen molar-refractivity contribution in [2.24, 2.45) is 0 Å². The van der Waals surface area contributed by atoms with Crippen molar-refractivity contribution in [2.45, 2.75) is 25.1 Å². The summed E-state index contributed by atoms with van der Waals surface area (Å²) in [5.41, 5.74) is -4.56. The first-order chi connectivity index (χ1) is 9.71. The fourth-order valence-corrected chi connectivity index (χ4v) is 2.09. The number of hydrogen-bond acceptors (Lipinski definition) is 2. The van der Waals surface area contributed by atoms with Crippen molar-refractivity contribution in [3.8, 4) is 11.8 Å². The average Bonchev–Trinajstić information content (AvgIpc) is 2.35. The maximum atomic E-state index is 13.8. The monoisotopic (exact) mass is 321 g/mol. The van der Waals surface area contributed by atoms with Crippen molar-refractivity contribution < 1.29 is 27.1 Å². The third-order valence-electron chi connectivity index (χ3n) is 2.75. The number of fused-ring (bicyclic) bond motifs is 1. The summed E-state index contributed by atoms with van der Waals surface area (Å²) in [6.45, 7) is 1.53. The number of rotatable bonds is 0. The van der Waals surface area contributed by atoms with E-state index in [-0.39, 0.29) is 11.4 Å². The Labute approximate surface area is 122 Å². The highest BCUT2D eigenvalue weighted by atomic mass is 35.5. The number of halogens is 5. The standard InChI is InChI=1S/C13H8ClF4NO2/c1-2-3-4-12(13(16,17)18)8-5-7(14)6-9(15)10(8)19-11(20)21-12/h5-6H,2H2,1H3,(H,19,20). The van der Waals surface area contributed by atoms with Gasteiger partial charge in [-0.1, -0.05) is 24.4 Å². The van der Waals surface area contributed by atoms with E-state index in [0.29, 0.717) is 0 Å². The normalized spacial score (nSPS) is 20.8. The SMILES string of the molecule is CCC#CC1(C(F)(F)F)OC(=O)Nc2c(F)cc(Cl)cc21. The molecule has 0 spiro atoms. The highest BCUT2D eigenvalue weighted by Gasteiger charge is 2.62. The highest BCUT2D eigenvalue weighted by molar-refractivity contribution is 6.30. The van der Waals surface area contributed by atoms with E-state index in [1.807, 2.05) is 11.2 Å². The summed E-state index contributed by atoms with van der Waals surface area (Å²) in [6, 6.07) is 1.66. The van der Waals surface area contributed by atoms with Gasteiger partial charge in [0, 0.05) is 17.0 Å². The Morgan fingerprint density at radius 1 is 1.43 bits per heavy atom. The van der Waals surface area contributed by atoms with E-state index in [9.17, 15) is 22.4 Å². The van der Waals surface area contributed by atoms with Crippen LogP contribution in [0.1, 0.15) is 18.9 Å². The van der Waals surface area contributed by atoms with Crippen LogP contribution in [0.25, 0.3) is 0 Å². The third-order valence-corrected chi connectivity index (χ3v) is 2.97. The van der Waals surface area contributed by atoms with Crippen molar-refractivity contribution in [3.63, 3.8) is 0 Å². The molecule has 0 fully saturated rings. The summed E-state index contributed by atoms with van der Waals surface area (Å²) in [4.78, 5) is 11.4. The van der Waals surface area contributed by atoms with Crippen LogP contribution in [0.4, 0.5) is 28.0 Å². The minimum Gasteiger partial charge on any atom is -0.415 e. The molecule has 1 unspecified atom stereocenters. The Bertz CT molecular complexity index is 663. The average molecular weight is 322 g/mol. The molecule has 2 rings (SSSR count). The predicted molar refractivity (Wildman–Crippen MR) is 67.3 cm³/mol. The molecular formula is C13H8ClF4NO2. The molecule has 1 heterocycles. The van der Waals surface area contributed by atoms with Crippen LogP contribution < -0.4 is 5.32 Å². The van der Waals surface area contributed by atoms with Gasteiger partial charge in [0.2, 0.25) is 0 Å². The number of carbonyl (C=O) groups is 1. The van der Waals surface area contributed by atoms with Crippen molar-refractivity contribution in [1.82, 2.24) is 0 Å². The number of carbonyl (C=O) groups excluding carboxylic acids is 1. The predicted octanol–water partition coefficient (Wildman–Crippen LogP) is 4.21. The van der Waals surface area contributed by atoms with E-state index in [1.54, 1.807) is 0 Å². The van der Waals surface area contributed by atoms with Gasteiger partial charge >= 0.3 is 12.3 Å². The summed E-state index contributed by atoms with van der Waals surface area (Å²) in [5, 5.41) is 1.63. The van der Waals surface area contributed by atoms with Crippen LogP contribution >= 0.6 is 11.6 Å². The molecule has 1 aliphatic rings. The van der Waals surface area contributed by atoms with Crippen LogP contribution in [0.3, 0.4) is 0 Å². The van der Waals surface area contributed by atoms with Gasteiger partial charge in [0.25, 0.3) is 5.60 Å². The molecule has 0 aromatic heterocycles. The molecule has 21 heavy (non-hydrogen) atoms. The number of amides is 1. The molecule has 8 heteroatoms. The van der Waals surface area contributed by atoms with Gasteiger partial charge in [-0.25, -0.2) is 9.18 Å². The zero-order valence-corrected chi connectivity index (χ0v) is 11.3. The Morgan fingerprint density at radius 3 is 2.67 bits per heavy atom. The maximum absolute atomic E-state index is 13.8. The fraction of sp³-hybridized carbons (Fsp3) is 0.308. The van der Waals surface area contributed by atoms with Crippen LogP contribution in [0, 0.1) is 17.7 Å². The van der Waals surface area contributed by atoms with Gasteiger partial charge in [-0.05, 0) is 18.1 Å². The summed E-state index contributed by atoms with van der Waals surface area (Å²) >= 11 is 5.61. The summed E-state index contributed by atoms with van der Waals surface area (Å²) < 4.78 is 58.6. The Kier molecular flexibility index (Phi) is 3.76. The number of anilines is 1. The molecule has 0 radical (unpaired) electrons. The topological polar surface area (TPSA) is 38.3 Å². The molecule has 3 nitrogen and oxygen atoms in total. The van der Waals surface area contributed by atoms with E-state index in [1.165, 1.54) is 6.92 Å². The van der Waals surface area contributed by atoms with Gasteiger partial charge in [-0.3, -0.25) is 5.32 Å². The second kappa shape index (κ2) is 5.11. The minimum atomic E-state index is -5.06. The van der Waals surface area contributed by atoms with Crippen LogP contribution in [0.5, 0.6) is 0 Å². The van der Waals surface area contributed by atoms with Crippen molar-refractivity contribution in [3.05, 3.63) is 28.5 Å². The summed E-state index contributed by atoms with van der Waals surface area (Å²) in [7, 11) is 0. The lowest BCUT2D eigenvalue weighted by Gasteiger charge is -2.35. The molecule has 1 aliphatic heterocycles. The number of hydrogen-bond donors (Lipinski definition) is 1. The summed E-state index contributed by atoms with van der Waals surface area (Å²) in [6.07, 6.45) is -6.40. The number of nitrogens with one attached hydrogen (secondary N) is 1. The zero-order valence-electron chi connectivity index (χ0n) is 10.6. The Morgan fingerprint density at radius 2 is 2.10 bits per heavy atom. The first-order valence-corrected chi connectivity index (χ1v) is 6.15. The van der Waals surface area contributed by atoms with Gasteiger partial charge < -0.3 is 4.74 Å². The first-order valence-electron chi connectivity index (χ1n) is 5.77. The molecule has 1 N–H and O–H groups in total. The smallest absolute Gasteiger partial charge is 0.415 e. The van der Waals surface area contributed by atoms with E-state index in [4.69, 9.17) is 11.6 Å². The van der Waals surface area contributed by atoms with Crippen LogP contribution in [-0.2, 0) is 10.3 Å². The molecule has 112 valence electrons. The van der Waals surface area contributed by atoms with Crippen molar-refractivity contribution in [1.29, 1.82) is 0 Å². The van der Waals surface area contributed by atoms with Crippen molar-refractivity contribution in [2.75, 3.05) is 5.32 Å². The first kappa shape index (κ1) is 15.4. The van der Waals surface area contributed by atoms with E-state index in [0.717, 1.165) is 12.1 Å². The molecule has 0 bridgehead atoms. The number of cyclic esters (lactones) is 1. The van der Waals surface area contributed by atoms with Gasteiger partial charge in [0.05, 0.1) is 5.69 Å². The number of alkyl halides is 3. The molecule has 0 saturated heterocycles. The largest absolute Gasteiger partial charge is 0.445 e. The molecule has 1 amide bonds. The minimum absolute atomic E-state index is 0.0984. The van der Waals surface area contributed by atoms with Crippen molar-refractivity contribution >= 4 is 23.4 Å². The van der Waals surface area contributed by atoms with Gasteiger partial charge in [0.15, 0.2) is 0 Å². The third kappa shape index (κ3) is 2.51. The molecule has 1 atom stereocenters. The lowest BCUT2D eigenvalue weighted by molar-refractivity contribution is -0.239. The number of benzene rings is 1. The van der Waals surface area contributed by atoms with Crippen LogP contribution in [0.15, 0.2) is 12.1 Å². The molecular weight excluding hydrogens is 314 g/mol. The Balaban J connectivity index is 2.82. The molecule has 1 aromatic carbocycles. The second-order valence-electron chi connectivity index (χ2n) is 4.16. The van der Waals surface area contributed by atoms with E-state index >= 15 is 0 Å². The summed E-state index contributed by atoms with van der Waals surface area (Å²) in [5.74, 6) is 3.01. The highest BCUT2D eigenvalue weighted by Crippen LogP contribution is 2.48. The lowest BCUT2D eigenvalue weighted by atomic mass is 9.90. The second-order valence-corrected chi connectivity index (χ2v) is 4.60. The quantitative estimate of drug-likeness (QED) is 0.574. The van der Waals surface area contributed by atoms with E-state index < -0.39 is 34.9 Å². The Hall–Kier alpha value is -1.94. The van der Waals surface area contributed by atoms with E-state index in [2.05, 4.69) is 10.7 Å². The van der Waals surface area contributed by atoms with Crippen LogP contribution in [-0.4, -0.2) is 12.3 Å². The lowest BCUT2D eigenvalue weighted by Crippen LogP contribution is -2.49. The van der Waals surface area contributed by atoms with Gasteiger partial charge in [0.1, 0.15) is 5.82 Å². The van der Waals surface area contributed by atoms with Gasteiger partial charge in [-0.15, -0.1) is 0 Å². The number of ether oxygens (including phenoxy) is 1. The molecule has 0 saturated carbocycles. The zero-order chi connectivity index (χ0) is 15.8. The molecule has 1 aromatic rings. The van der Waals surface area contributed by atoms with Crippen LogP contribution in [0.2, 0.25) is 5.02 Å². The molecule has 0 aliphatic carbocycles. The fourth-order valence-electron chi connectivity index (χ4n) is 1.89. The van der Waals surface area contributed by atoms with Gasteiger partial charge in [-0.2, -0.15) is 13.2 Å². The maximum Gasteiger partial charge on any atom is 0.445 e.